The summed E-state index contributed by atoms with van der Waals surface area (Å²) < 4.78 is 45.9. The number of ketones is 1. The first-order valence-electron chi connectivity index (χ1n) is 11.3. The molecule has 11 heteroatoms. The third-order valence-electron chi connectivity index (χ3n) is 6.03. The number of hydrogen-bond acceptors (Lipinski definition) is 7. The van der Waals surface area contributed by atoms with Crippen molar-refractivity contribution in [3.05, 3.63) is 36.9 Å². The molecule has 1 amide bonds. The number of halogens is 3. The maximum absolute atomic E-state index is 13.6. The predicted molar refractivity (Wildman–Crippen MR) is 124 cm³/mol. The third kappa shape index (κ3) is 5.06. The van der Waals surface area contributed by atoms with Crippen LogP contribution in [-0.2, 0) is 52.7 Å². The van der Waals surface area contributed by atoms with Gasteiger partial charge in [0.1, 0.15) is 9.88 Å². The number of amides is 1. The van der Waals surface area contributed by atoms with Crippen molar-refractivity contribution in [1.29, 1.82) is 0 Å². The molecule has 1 aliphatic carbocycles. The van der Waals surface area contributed by atoms with Gasteiger partial charge in [0.25, 0.3) is 5.91 Å². The second-order valence-corrected chi connectivity index (χ2v) is 10.5. The Bertz CT molecular complexity index is 1120. The van der Waals surface area contributed by atoms with Gasteiger partial charge in [0.15, 0.2) is 0 Å². The SMILES string of the molecule is CCOC(=O)c1c(NC(=O)C(=O)CCc2c(C(F)(F)F)sc3c2CCNC3)sc2c1CCCC2. The lowest BCUT2D eigenvalue weighted by molar-refractivity contribution is -0.136. The van der Waals surface area contributed by atoms with Crippen LogP contribution in [0.4, 0.5) is 18.2 Å². The highest BCUT2D eigenvalue weighted by Crippen LogP contribution is 2.42. The molecule has 6 nitrogen and oxygen atoms in total. The van der Waals surface area contributed by atoms with E-state index in [0.717, 1.165) is 29.7 Å². The van der Waals surface area contributed by atoms with E-state index in [4.69, 9.17) is 4.74 Å². The summed E-state index contributed by atoms with van der Waals surface area (Å²) in [5, 5.41) is 5.88. The lowest BCUT2D eigenvalue weighted by Crippen LogP contribution is -2.25. The van der Waals surface area contributed by atoms with Crippen LogP contribution < -0.4 is 10.6 Å². The molecule has 0 fully saturated rings. The zero-order valence-corrected chi connectivity index (χ0v) is 20.3. The van der Waals surface area contributed by atoms with Gasteiger partial charge >= 0.3 is 12.1 Å². The van der Waals surface area contributed by atoms with Crippen LogP contribution in [-0.4, -0.2) is 30.8 Å². The Morgan fingerprint density at radius 3 is 2.56 bits per heavy atom. The molecule has 2 N–H and O–H groups in total. The van der Waals surface area contributed by atoms with E-state index >= 15 is 0 Å². The molecule has 3 heterocycles. The number of nitrogens with one attached hydrogen (secondary N) is 2. The molecule has 184 valence electrons. The fraction of sp³-hybridized carbons (Fsp3) is 0.522. The normalized spacial score (nSPS) is 15.4. The van der Waals surface area contributed by atoms with Crippen molar-refractivity contribution >= 4 is 45.3 Å². The van der Waals surface area contributed by atoms with E-state index in [1.807, 2.05) is 0 Å². The van der Waals surface area contributed by atoms with Crippen LogP contribution >= 0.6 is 22.7 Å². The number of anilines is 1. The molecule has 4 rings (SSSR count). The zero-order valence-electron chi connectivity index (χ0n) is 18.7. The van der Waals surface area contributed by atoms with Gasteiger partial charge in [0.05, 0.1) is 12.2 Å². The minimum absolute atomic E-state index is 0.119. The summed E-state index contributed by atoms with van der Waals surface area (Å²) in [7, 11) is 0. The Hall–Kier alpha value is -2.24. The van der Waals surface area contributed by atoms with E-state index in [2.05, 4.69) is 10.6 Å². The van der Waals surface area contributed by atoms with E-state index in [1.165, 1.54) is 11.3 Å². The highest BCUT2D eigenvalue weighted by atomic mass is 32.1. The van der Waals surface area contributed by atoms with E-state index in [-0.39, 0.29) is 30.0 Å². The molecular formula is C23H25F3N2O4S2. The molecule has 2 aromatic rings. The van der Waals surface area contributed by atoms with Crippen molar-refractivity contribution in [3.63, 3.8) is 0 Å². The number of ether oxygens (including phenoxy) is 1. The van der Waals surface area contributed by atoms with Gasteiger partial charge in [-0.1, -0.05) is 0 Å². The van der Waals surface area contributed by atoms with Crippen LogP contribution in [0.5, 0.6) is 0 Å². The van der Waals surface area contributed by atoms with Gasteiger partial charge in [-0.3, -0.25) is 9.59 Å². The second kappa shape index (κ2) is 10.2. The molecule has 0 saturated heterocycles. The minimum Gasteiger partial charge on any atom is -0.462 e. The van der Waals surface area contributed by atoms with E-state index < -0.39 is 28.7 Å². The first kappa shape index (κ1) is 24.9. The predicted octanol–water partition coefficient (Wildman–Crippen LogP) is 4.67. The zero-order chi connectivity index (χ0) is 24.5. The number of carbonyl (C=O) groups is 3. The summed E-state index contributed by atoms with van der Waals surface area (Å²) in [6.07, 6.45) is -1.16. The Labute approximate surface area is 202 Å². The Kier molecular flexibility index (Phi) is 7.44. The molecule has 0 radical (unpaired) electrons. The number of alkyl halides is 3. The standard InChI is InChI=1S/C23H25F3N2O4S2/c1-2-32-22(31)18-14-5-3-4-6-16(14)34-21(18)28-20(30)15(29)8-7-13-12-9-10-27-11-17(12)33-19(13)23(24,25)26/h27H,2-11H2,1H3,(H,28,30). The maximum Gasteiger partial charge on any atom is 0.425 e. The van der Waals surface area contributed by atoms with Gasteiger partial charge in [-0.15, -0.1) is 22.7 Å². The molecule has 0 saturated carbocycles. The number of esters is 1. The van der Waals surface area contributed by atoms with E-state index in [9.17, 15) is 27.6 Å². The summed E-state index contributed by atoms with van der Waals surface area (Å²) >= 11 is 1.97. The van der Waals surface area contributed by atoms with Crippen molar-refractivity contribution in [2.75, 3.05) is 18.5 Å². The monoisotopic (exact) mass is 514 g/mol. The van der Waals surface area contributed by atoms with Crippen molar-refractivity contribution in [1.82, 2.24) is 5.32 Å². The van der Waals surface area contributed by atoms with Crippen molar-refractivity contribution in [3.8, 4) is 0 Å². The minimum atomic E-state index is -4.51. The molecule has 0 bridgehead atoms. The molecule has 0 spiro atoms. The summed E-state index contributed by atoms with van der Waals surface area (Å²) in [5.41, 5.74) is 1.90. The number of Topliss-reactive ketones (excluding diaryl/α,β-unsaturated/α-hetero) is 1. The number of thiophene rings is 2. The largest absolute Gasteiger partial charge is 0.462 e. The average molecular weight is 515 g/mol. The smallest absolute Gasteiger partial charge is 0.425 e. The average Bonchev–Trinajstić information content (AvgIpc) is 3.35. The fourth-order valence-electron chi connectivity index (χ4n) is 4.49. The van der Waals surface area contributed by atoms with Gasteiger partial charge in [-0.25, -0.2) is 4.79 Å². The molecule has 0 unspecified atom stereocenters. The Morgan fingerprint density at radius 2 is 1.82 bits per heavy atom. The summed E-state index contributed by atoms with van der Waals surface area (Å²) in [5.74, 6) is -2.29. The topological polar surface area (TPSA) is 84.5 Å². The van der Waals surface area contributed by atoms with Crippen molar-refractivity contribution in [2.45, 2.75) is 64.6 Å². The van der Waals surface area contributed by atoms with Gasteiger partial charge in [-0.05, 0) is 68.7 Å². The number of rotatable bonds is 7. The van der Waals surface area contributed by atoms with Crippen molar-refractivity contribution in [2.24, 2.45) is 0 Å². The van der Waals surface area contributed by atoms with Crippen LogP contribution in [0.25, 0.3) is 0 Å². The molecule has 2 aromatic heterocycles. The number of aryl methyl sites for hydroxylation is 1. The first-order chi connectivity index (χ1) is 16.2. The van der Waals surface area contributed by atoms with Crippen LogP contribution in [0, 0.1) is 0 Å². The maximum atomic E-state index is 13.6. The lowest BCUT2D eigenvalue weighted by atomic mass is 9.95. The summed E-state index contributed by atoms with van der Waals surface area (Å²) in [6, 6.07) is 0. The van der Waals surface area contributed by atoms with Gasteiger partial charge in [0, 0.05) is 22.7 Å². The number of carbonyl (C=O) groups excluding carboxylic acids is 3. The van der Waals surface area contributed by atoms with Crippen LogP contribution in [0.2, 0.25) is 0 Å². The van der Waals surface area contributed by atoms with Gasteiger partial charge in [-0.2, -0.15) is 13.2 Å². The Balaban J connectivity index is 1.50. The molecular weight excluding hydrogens is 489 g/mol. The molecule has 1 aliphatic heterocycles. The third-order valence-corrected chi connectivity index (χ3v) is 8.55. The molecule has 2 aliphatic rings. The quantitative estimate of drug-likeness (QED) is 0.415. The van der Waals surface area contributed by atoms with Gasteiger partial charge < -0.3 is 15.4 Å². The van der Waals surface area contributed by atoms with Crippen molar-refractivity contribution < 1.29 is 32.3 Å². The molecule has 0 aromatic carbocycles. The van der Waals surface area contributed by atoms with Gasteiger partial charge in [0.2, 0.25) is 5.78 Å². The van der Waals surface area contributed by atoms with Crippen LogP contribution in [0.15, 0.2) is 0 Å². The number of hydrogen-bond donors (Lipinski definition) is 2. The van der Waals surface area contributed by atoms with E-state index in [1.54, 1.807) is 6.92 Å². The molecule has 0 atom stereocenters. The molecule has 34 heavy (non-hydrogen) atoms. The Morgan fingerprint density at radius 1 is 1.06 bits per heavy atom. The number of fused-ring (bicyclic) bond motifs is 2. The summed E-state index contributed by atoms with van der Waals surface area (Å²) in [4.78, 5) is 38.7. The first-order valence-corrected chi connectivity index (χ1v) is 12.9. The highest BCUT2D eigenvalue weighted by molar-refractivity contribution is 7.17. The van der Waals surface area contributed by atoms with Crippen LogP contribution in [0.1, 0.15) is 67.9 Å². The fourth-order valence-corrected chi connectivity index (χ4v) is 7.00. The summed E-state index contributed by atoms with van der Waals surface area (Å²) in [6.45, 7) is 2.81. The second-order valence-electron chi connectivity index (χ2n) is 8.25. The van der Waals surface area contributed by atoms with E-state index in [0.29, 0.717) is 53.3 Å². The highest BCUT2D eigenvalue weighted by Gasteiger charge is 2.38. The lowest BCUT2D eigenvalue weighted by Gasteiger charge is -2.15. The van der Waals surface area contributed by atoms with Crippen LogP contribution in [0.3, 0.4) is 0 Å².